The molecule has 2 rings (SSSR count). The SMILES string of the molecule is CCCCCCCC(=O)NCc1nc(-c2ccncc2)no1. The number of pyridine rings is 1. The maximum atomic E-state index is 11.7. The molecule has 0 saturated heterocycles. The molecular formula is C16H22N4O2. The van der Waals surface area contributed by atoms with E-state index < -0.39 is 0 Å². The highest BCUT2D eigenvalue weighted by atomic mass is 16.5. The lowest BCUT2D eigenvalue weighted by Gasteiger charge is -2.02. The molecule has 2 aromatic heterocycles. The zero-order valence-electron chi connectivity index (χ0n) is 12.9. The molecule has 0 unspecified atom stereocenters. The standard InChI is InChI=1S/C16H22N4O2/c1-2-3-4-5-6-7-14(21)18-12-15-19-16(20-22-15)13-8-10-17-11-9-13/h8-11H,2-7,12H2,1H3,(H,18,21). The number of unbranched alkanes of at least 4 members (excludes halogenated alkanes) is 4. The Morgan fingerprint density at radius 2 is 1.95 bits per heavy atom. The van der Waals surface area contributed by atoms with Crippen molar-refractivity contribution < 1.29 is 9.32 Å². The molecule has 1 amide bonds. The zero-order valence-corrected chi connectivity index (χ0v) is 12.9. The van der Waals surface area contributed by atoms with Crippen molar-refractivity contribution in [1.29, 1.82) is 0 Å². The van der Waals surface area contributed by atoms with Gasteiger partial charge in [0, 0.05) is 24.4 Å². The van der Waals surface area contributed by atoms with E-state index >= 15 is 0 Å². The second-order valence-corrected chi connectivity index (χ2v) is 5.19. The lowest BCUT2D eigenvalue weighted by atomic mass is 10.1. The van der Waals surface area contributed by atoms with Gasteiger partial charge in [0.2, 0.25) is 17.6 Å². The van der Waals surface area contributed by atoms with Gasteiger partial charge in [-0.05, 0) is 18.6 Å². The summed E-state index contributed by atoms with van der Waals surface area (Å²) in [5, 5.41) is 6.70. The topological polar surface area (TPSA) is 80.9 Å². The fourth-order valence-corrected chi connectivity index (χ4v) is 2.10. The zero-order chi connectivity index (χ0) is 15.6. The lowest BCUT2D eigenvalue weighted by molar-refractivity contribution is -0.121. The van der Waals surface area contributed by atoms with E-state index in [0.717, 1.165) is 18.4 Å². The Kier molecular flexibility index (Phi) is 6.54. The van der Waals surface area contributed by atoms with Gasteiger partial charge >= 0.3 is 0 Å². The number of rotatable bonds is 9. The maximum Gasteiger partial charge on any atom is 0.246 e. The Morgan fingerprint density at radius 3 is 2.73 bits per heavy atom. The summed E-state index contributed by atoms with van der Waals surface area (Å²) in [6.07, 6.45) is 9.58. The van der Waals surface area contributed by atoms with Crippen LogP contribution in [0.2, 0.25) is 0 Å². The first-order valence-corrected chi connectivity index (χ1v) is 7.79. The fourth-order valence-electron chi connectivity index (χ4n) is 2.10. The van der Waals surface area contributed by atoms with Crippen molar-refractivity contribution in [3.8, 4) is 11.4 Å². The van der Waals surface area contributed by atoms with Crippen molar-refractivity contribution in [3.63, 3.8) is 0 Å². The molecule has 0 aliphatic rings. The molecule has 0 aliphatic heterocycles. The monoisotopic (exact) mass is 302 g/mol. The van der Waals surface area contributed by atoms with E-state index in [1.54, 1.807) is 12.4 Å². The van der Waals surface area contributed by atoms with Crippen LogP contribution in [0.3, 0.4) is 0 Å². The number of amides is 1. The number of nitrogens with one attached hydrogen (secondary N) is 1. The molecular weight excluding hydrogens is 280 g/mol. The summed E-state index contributed by atoms with van der Waals surface area (Å²) in [6, 6.07) is 3.62. The number of carbonyl (C=O) groups excluding carboxylic acids is 1. The minimum absolute atomic E-state index is 0.0279. The molecule has 6 nitrogen and oxygen atoms in total. The molecule has 0 fully saturated rings. The summed E-state index contributed by atoms with van der Waals surface area (Å²) in [5.41, 5.74) is 0.840. The fraction of sp³-hybridized carbons (Fsp3) is 0.500. The minimum atomic E-state index is 0.0279. The smallest absolute Gasteiger partial charge is 0.246 e. The normalized spacial score (nSPS) is 10.6. The molecule has 0 saturated carbocycles. The van der Waals surface area contributed by atoms with E-state index in [2.05, 4.69) is 27.4 Å². The number of hydrogen-bond donors (Lipinski definition) is 1. The Labute approximate surface area is 130 Å². The van der Waals surface area contributed by atoms with Gasteiger partial charge in [-0.15, -0.1) is 0 Å². The molecule has 0 aliphatic carbocycles. The summed E-state index contributed by atoms with van der Waals surface area (Å²) in [5.74, 6) is 0.942. The third-order valence-corrected chi connectivity index (χ3v) is 3.35. The molecule has 0 aromatic carbocycles. The van der Waals surface area contributed by atoms with Crippen LogP contribution in [0.25, 0.3) is 11.4 Å². The van der Waals surface area contributed by atoms with Gasteiger partial charge in [-0.25, -0.2) is 0 Å². The van der Waals surface area contributed by atoms with Crippen LogP contribution in [-0.2, 0) is 11.3 Å². The summed E-state index contributed by atoms with van der Waals surface area (Å²) in [4.78, 5) is 19.9. The van der Waals surface area contributed by atoms with Gasteiger partial charge in [0.1, 0.15) is 0 Å². The summed E-state index contributed by atoms with van der Waals surface area (Å²) >= 11 is 0. The van der Waals surface area contributed by atoms with Crippen molar-refractivity contribution in [2.75, 3.05) is 0 Å². The molecule has 0 radical (unpaired) electrons. The quantitative estimate of drug-likeness (QED) is 0.720. The molecule has 6 heteroatoms. The van der Waals surface area contributed by atoms with Crippen molar-refractivity contribution >= 4 is 5.91 Å². The van der Waals surface area contributed by atoms with Gasteiger partial charge in [-0.2, -0.15) is 4.98 Å². The molecule has 0 spiro atoms. The minimum Gasteiger partial charge on any atom is -0.347 e. The number of hydrogen-bond acceptors (Lipinski definition) is 5. The molecule has 118 valence electrons. The third-order valence-electron chi connectivity index (χ3n) is 3.35. The summed E-state index contributed by atoms with van der Waals surface area (Å²) < 4.78 is 5.13. The highest BCUT2D eigenvalue weighted by molar-refractivity contribution is 5.75. The van der Waals surface area contributed by atoms with Gasteiger partial charge in [0.25, 0.3) is 0 Å². The van der Waals surface area contributed by atoms with Crippen LogP contribution in [0, 0.1) is 0 Å². The first-order valence-electron chi connectivity index (χ1n) is 7.79. The van der Waals surface area contributed by atoms with Crippen LogP contribution in [-0.4, -0.2) is 21.0 Å². The highest BCUT2D eigenvalue weighted by Gasteiger charge is 2.09. The van der Waals surface area contributed by atoms with E-state index in [1.165, 1.54) is 19.3 Å². The first-order chi connectivity index (χ1) is 10.8. The number of nitrogens with zero attached hydrogens (tertiary/aromatic N) is 3. The van der Waals surface area contributed by atoms with E-state index in [0.29, 0.717) is 18.1 Å². The predicted octanol–water partition coefficient (Wildman–Crippen LogP) is 3.11. The Bertz CT molecular complexity index is 569. The summed E-state index contributed by atoms with van der Waals surface area (Å²) in [7, 11) is 0. The van der Waals surface area contributed by atoms with Crippen LogP contribution >= 0.6 is 0 Å². The maximum absolute atomic E-state index is 11.7. The van der Waals surface area contributed by atoms with E-state index in [-0.39, 0.29) is 12.5 Å². The molecule has 22 heavy (non-hydrogen) atoms. The van der Waals surface area contributed by atoms with Crippen molar-refractivity contribution in [1.82, 2.24) is 20.4 Å². The van der Waals surface area contributed by atoms with Crippen LogP contribution in [0.15, 0.2) is 29.0 Å². The van der Waals surface area contributed by atoms with Crippen molar-refractivity contribution in [3.05, 3.63) is 30.4 Å². The van der Waals surface area contributed by atoms with Crippen LogP contribution in [0.1, 0.15) is 51.3 Å². The van der Waals surface area contributed by atoms with E-state index in [9.17, 15) is 4.79 Å². The largest absolute Gasteiger partial charge is 0.347 e. The molecule has 0 bridgehead atoms. The number of aromatic nitrogens is 3. The summed E-state index contributed by atoms with van der Waals surface area (Å²) in [6.45, 7) is 2.45. The Hall–Kier alpha value is -2.24. The molecule has 0 atom stereocenters. The van der Waals surface area contributed by atoms with Crippen LogP contribution < -0.4 is 5.32 Å². The second-order valence-electron chi connectivity index (χ2n) is 5.19. The average Bonchev–Trinajstić information content (AvgIpc) is 3.02. The van der Waals surface area contributed by atoms with Crippen molar-refractivity contribution in [2.45, 2.75) is 52.0 Å². The predicted molar refractivity (Wildman–Crippen MR) is 82.8 cm³/mol. The van der Waals surface area contributed by atoms with Gasteiger partial charge in [-0.3, -0.25) is 9.78 Å². The highest BCUT2D eigenvalue weighted by Crippen LogP contribution is 2.13. The van der Waals surface area contributed by atoms with Crippen LogP contribution in [0.4, 0.5) is 0 Å². The Balaban J connectivity index is 1.71. The lowest BCUT2D eigenvalue weighted by Crippen LogP contribution is -2.22. The first kappa shape index (κ1) is 16.1. The number of carbonyl (C=O) groups is 1. The van der Waals surface area contributed by atoms with Crippen LogP contribution in [0.5, 0.6) is 0 Å². The third kappa shape index (κ3) is 5.27. The molecule has 2 heterocycles. The van der Waals surface area contributed by atoms with Gasteiger partial charge in [0.15, 0.2) is 0 Å². The van der Waals surface area contributed by atoms with Gasteiger partial charge < -0.3 is 9.84 Å². The second kappa shape index (κ2) is 8.92. The molecule has 2 aromatic rings. The van der Waals surface area contributed by atoms with Gasteiger partial charge in [0.05, 0.1) is 6.54 Å². The van der Waals surface area contributed by atoms with Gasteiger partial charge in [-0.1, -0.05) is 37.8 Å². The Morgan fingerprint density at radius 1 is 1.18 bits per heavy atom. The average molecular weight is 302 g/mol. The van der Waals surface area contributed by atoms with Crippen molar-refractivity contribution in [2.24, 2.45) is 0 Å². The molecule has 1 N–H and O–H groups in total. The van der Waals surface area contributed by atoms with E-state index in [1.807, 2.05) is 12.1 Å². The van der Waals surface area contributed by atoms with E-state index in [4.69, 9.17) is 4.52 Å².